The molecule has 2 aliphatic heterocycles. The molecule has 0 aromatic carbocycles. The third kappa shape index (κ3) is 2.87. The molecule has 2 rings (SSSR count). The molecule has 0 aliphatic carbocycles. The Balaban J connectivity index is 0.00000128. The van der Waals surface area contributed by atoms with E-state index in [1.807, 2.05) is 0 Å². The van der Waals surface area contributed by atoms with Gasteiger partial charge in [-0.05, 0) is 12.3 Å². The Kier molecular flexibility index (Phi) is 5.00. The summed E-state index contributed by atoms with van der Waals surface area (Å²) in [4.78, 5) is 0. The minimum absolute atomic E-state index is 0. The maximum Gasteiger partial charge on any atom is 0.282 e. The number of rotatable bonds is 2. The third-order valence-corrected chi connectivity index (χ3v) is 5.12. The van der Waals surface area contributed by atoms with E-state index in [1.54, 1.807) is 8.61 Å². The van der Waals surface area contributed by atoms with Gasteiger partial charge in [0.05, 0.1) is 0 Å². The van der Waals surface area contributed by atoms with Crippen molar-refractivity contribution in [1.82, 2.24) is 13.9 Å². The van der Waals surface area contributed by atoms with Crippen LogP contribution < -0.4 is 5.32 Å². The SMILES string of the molecule is CC1CCN(S(=O)(=O)N2CCNCC2)C1.Cl. The Bertz CT molecular complexity index is 306. The van der Waals surface area contributed by atoms with E-state index in [2.05, 4.69) is 12.2 Å². The average Bonchev–Trinajstić information content (AvgIpc) is 2.67. The highest BCUT2D eigenvalue weighted by molar-refractivity contribution is 7.86. The molecule has 96 valence electrons. The highest BCUT2D eigenvalue weighted by atomic mass is 35.5. The molecule has 0 aromatic heterocycles. The number of halogens is 1. The largest absolute Gasteiger partial charge is 0.314 e. The monoisotopic (exact) mass is 269 g/mol. The van der Waals surface area contributed by atoms with Crippen LogP contribution in [0.3, 0.4) is 0 Å². The number of nitrogens with zero attached hydrogens (tertiary/aromatic N) is 2. The van der Waals surface area contributed by atoms with E-state index >= 15 is 0 Å². The molecule has 7 heteroatoms. The maximum absolute atomic E-state index is 12.2. The minimum atomic E-state index is -3.17. The second kappa shape index (κ2) is 5.64. The number of nitrogens with one attached hydrogen (secondary N) is 1. The first-order valence-electron chi connectivity index (χ1n) is 5.56. The van der Waals surface area contributed by atoms with Crippen LogP contribution in [0.2, 0.25) is 0 Å². The molecule has 5 nitrogen and oxygen atoms in total. The minimum Gasteiger partial charge on any atom is -0.314 e. The molecule has 1 atom stereocenters. The topological polar surface area (TPSA) is 52.7 Å². The summed E-state index contributed by atoms with van der Waals surface area (Å²) in [5, 5.41) is 3.16. The summed E-state index contributed by atoms with van der Waals surface area (Å²) in [6, 6.07) is 0. The van der Waals surface area contributed by atoms with Crippen LogP contribution in [-0.2, 0) is 10.2 Å². The van der Waals surface area contributed by atoms with Crippen LogP contribution in [-0.4, -0.2) is 56.3 Å². The molecule has 1 N–H and O–H groups in total. The van der Waals surface area contributed by atoms with Crippen molar-refractivity contribution in [3.8, 4) is 0 Å². The van der Waals surface area contributed by atoms with Crippen LogP contribution >= 0.6 is 12.4 Å². The Morgan fingerprint density at radius 3 is 2.25 bits per heavy atom. The summed E-state index contributed by atoms with van der Waals surface area (Å²) in [5.74, 6) is 0.502. The van der Waals surface area contributed by atoms with Gasteiger partial charge in [0.1, 0.15) is 0 Å². The number of piperazine rings is 1. The molecule has 0 radical (unpaired) electrons. The Morgan fingerprint density at radius 2 is 1.75 bits per heavy atom. The standard InChI is InChI=1S/C9H19N3O2S.ClH/c1-9-2-5-12(8-9)15(13,14)11-6-3-10-4-7-11;/h9-10H,2-8H2,1H3;1H. The summed E-state index contributed by atoms with van der Waals surface area (Å²) in [7, 11) is -3.17. The third-order valence-electron chi connectivity index (χ3n) is 3.12. The first-order valence-corrected chi connectivity index (χ1v) is 6.96. The molecule has 0 saturated carbocycles. The van der Waals surface area contributed by atoms with E-state index in [9.17, 15) is 8.42 Å². The van der Waals surface area contributed by atoms with Crippen molar-refractivity contribution in [2.75, 3.05) is 39.3 Å². The smallest absolute Gasteiger partial charge is 0.282 e. The van der Waals surface area contributed by atoms with Gasteiger partial charge in [0, 0.05) is 39.3 Å². The second-order valence-electron chi connectivity index (χ2n) is 4.41. The fraction of sp³-hybridized carbons (Fsp3) is 1.00. The fourth-order valence-corrected chi connectivity index (χ4v) is 3.89. The van der Waals surface area contributed by atoms with Crippen molar-refractivity contribution in [1.29, 1.82) is 0 Å². The zero-order chi connectivity index (χ0) is 10.9. The van der Waals surface area contributed by atoms with Gasteiger partial charge in [0.2, 0.25) is 0 Å². The van der Waals surface area contributed by atoms with Gasteiger partial charge >= 0.3 is 0 Å². The van der Waals surface area contributed by atoms with Gasteiger partial charge in [-0.2, -0.15) is 17.0 Å². The van der Waals surface area contributed by atoms with Crippen LogP contribution in [0.15, 0.2) is 0 Å². The van der Waals surface area contributed by atoms with Crippen molar-refractivity contribution < 1.29 is 8.42 Å². The Labute approximate surface area is 104 Å². The molecular weight excluding hydrogens is 250 g/mol. The van der Waals surface area contributed by atoms with Crippen molar-refractivity contribution in [2.24, 2.45) is 5.92 Å². The van der Waals surface area contributed by atoms with E-state index < -0.39 is 10.2 Å². The van der Waals surface area contributed by atoms with Crippen molar-refractivity contribution in [3.05, 3.63) is 0 Å². The van der Waals surface area contributed by atoms with Gasteiger partial charge < -0.3 is 5.32 Å². The van der Waals surface area contributed by atoms with E-state index in [0.717, 1.165) is 19.5 Å². The van der Waals surface area contributed by atoms with E-state index in [-0.39, 0.29) is 12.4 Å². The van der Waals surface area contributed by atoms with Gasteiger partial charge in [0.25, 0.3) is 10.2 Å². The molecular formula is C9H20ClN3O2S. The zero-order valence-corrected chi connectivity index (χ0v) is 11.2. The van der Waals surface area contributed by atoms with Gasteiger partial charge in [-0.1, -0.05) is 6.92 Å². The lowest BCUT2D eigenvalue weighted by Crippen LogP contribution is -2.51. The zero-order valence-electron chi connectivity index (χ0n) is 9.55. The van der Waals surface area contributed by atoms with Crippen LogP contribution in [0.25, 0.3) is 0 Å². The quantitative estimate of drug-likeness (QED) is 0.762. The molecule has 0 amide bonds. The van der Waals surface area contributed by atoms with Gasteiger partial charge in [-0.3, -0.25) is 0 Å². The van der Waals surface area contributed by atoms with E-state index in [4.69, 9.17) is 0 Å². The summed E-state index contributed by atoms with van der Waals surface area (Å²) >= 11 is 0. The summed E-state index contributed by atoms with van der Waals surface area (Å²) < 4.78 is 27.5. The Hall–Kier alpha value is 0.120. The predicted octanol–water partition coefficient (Wildman–Crippen LogP) is -0.100. The second-order valence-corrected chi connectivity index (χ2v) is 6.34. The summed E-state index contributed by atoms with van der Waals surface area (Å²) in [5.41, 5.74) is 0. The fourth-order valence-electron chi connectivity index (χ4n) is 2.14. The number of hydrogen-bond acceptors (Lipinski definition) is 3. The van der Waals surface area contributed by atoms with Crippen molar-refractivity contribution in [3.63, 3.8) is 0 Å². The first-order chi connectivity index (χ1) is 7.10. The van der Waals surface area contributed by atoms with Crippen molar-refractivity contribution in [2.45, 2.75) is 13.3 Å². The van der Waals surface area contributed by atoms with Crippen LogP contribution in [0.1, 0.15) is 13.3 Å². The normalized spacial score (nSPS) is 28.9. The molecule has 0 aromatic rings. The maximum atomic E-state index is 12.2. The van der Waals surface area contributed by atoms with E-state index in [1.165, 1.54) is 0 Å². The lowest BCUT2D eigenvalue weighted by Gasteiger charge is -2.30. The first kappa shape index (κ1) is 14.2. The van der Waals surface area contributed by atoms with Gasteiger partial charge in [0.15, 0.2) is 0 Å². The van der Waals surface area contributed by atoms with Crippen LogP contribution in [0.4, 0.5) is 0 Å². The summed E-state index contributed by atoms with van der Waals surface area (Å²) in [6.45, 7) is 6.22. The molecule has 2 heterocycles. The molecule has 0 bridgehead atoms. The molecule has 2 fully saturated rings. The van der Waals surface area contributed by atoms with E-state index in [0.29, 0.717) is 32.1 Å². The molecule has 1 unspecified atom stereocenters. The highest BCUT2D eigenvalue weighted by Crippen LogP contribution is 2.20. The molecule has 2 saturated heterocycles. The van der Waals surface area contributed by atoms with Crippen LogP contribution in [0.5, 0.6) is 0 Å². The lowest BCUT2D eigenvalue weighted by molar-refractivity contribution is 0.324. The molecule has 0 spiro atoms. The lowest BCUT2D eigenvalue weighted by atomic mass is 10.2. The molecule has 2 aliphatic rings. The summed E-state index contributed by atoms with van der Waals surface area (Å²) in [6.07, 6.45) is 0.991. The van der Waals surface area contributed by atoms with Gasteiger partial charge in [-0.15, -0.1) is 12.4 Å². The predicted molar refractivity (Wildman–Crippen MR) is 66.0 cm³/mol. The van der Waals surface area contributed by atoms with Crippen LogP contribution in [0, 0.1) is 5.92 Å². The van der Waals surface area contributed by atoms with Crippen molar-refractivity contribution >= 4 is 22.6 Å². The average molecular weight is 270 g/mol. The number of hydrogen-bond donors (Lipinski definition) is 1. The Morgan fingerprint density at radius 1 is 1.12 bits per heavy atom. The van der Waals surface area contributed by atoms with Gasteiger partial charge in [-0.25, -0.2) is 0 Å². The highest BCUT2D eigenvalue weighted by Gasteiger charge is 2.34. The molecule has 16 heavy (non-hydrogen) atoms.